The normalized spacial score (nSPS) is 9.29. The number of rotatable bonds is 3. The van der Waals surface area contributed by atoms with Crippen LogP contribution in [0, 0.1) is 0 Å². The van der Waals surface area contributed by atoms with Gasteiger partial charge in [-0.3, -0.25) is 0 Å². The Hall–Kier alpha value is -1.49. The molecule has 1 aromatic carbocycles. The van der Waals surface area contributed by atoms with Crippen LogP contribution in [0.1, 0.15) is 10.4 Å². The first-order valence-corrected chi connectivity index (χ1v) is 4.19. The highest BCUT2D eigenvalue weighted by atomic mass is 32.1. The topological polar surface area (TPSA) is 47.9 Å². The predicted molar refractivity (Wildman–Crippen MR) is 53.8 cm³/mol. The fraction of sp³-hybridized carbons (Fsp3) is 0.222. The number of esters is 1. The van der Waals surface area contributed by atoms with Crippen molar-refractivity contribution in [3.05, 3.63) is 23.8 Å². The highest BCUT2D eigenvalue weighted by molar-refractivity contribution is 7.47. The first-order chi connectivity index (χ1) is 6.72. The molecule has 74 valence electrons. The van der Waals surface area contributed by atoms with Gasteiger partial charge < -0.3 is 9.47 Å². The van der Waals surface area contributed by atoms with Crippen molar-refractivity contribution in [1.82, 2.24) is 0 Å². The lowest BCUT2D eigenvalue weighted by Crippen LogP contribution is -2.01. The van der Waals surface area contributed by atoms with Crippen molar-refractivity contribution in [3.8, 4) is 5.75 Å². The number of carbonyl (C=O) groups excluding carboxylic acids is 1. The molecular weight excluding hydrogens is 202 g/mol. The monoisotopic (exact) mass is 211 g/mol. The third-order valence-electron chi connectivity index (χ3n) is 1.71. The number of benzene rings is 1. The van der Waals surface area contributed by atoms with Crippen LogP contribution in [0.2, 0.25) is 0 Å². The SMILES string of the molecule is COC(=O)c1cc(OC)ccc1N=S. The number of nitrogens with zero attached hydrogens (tertiary/aromatic N) is 1. The van der Waals surface area contributed by atoms with Crippen LogP contribution in [-0.4, -0.2) is 20.2 Å². The van der Waals surface area contributed by atoms with E-state index in [1.807, 2.05) is 0 Å². The van der Waals surface area contributed by atoms with E-state index >= 15 is 0 Å². The molecule has 0 fully saturated rings. The van der Waals surface area contributed by atoms with Crippen LogP contribution in [0.5, 0.6) is 5.75 Å². The van der Waals surface area contributed by atoms with Crippen LogP contribution < -0.4 is 4.74 Å². The summed E-state index contributed by atoms with van der Waals surface area (Å²) < 4.78 is 13.1. The van der Waals surface area contributed by atoms with Gasteiger partial charge >= 0.3 is 5.97 Å². The van der Waals surface area contributed by atoms with Crippen LogP contribution in [0.15, 0.2) is 22.6 Å². The van der Waals surface area contributed by atoms with E-state index < -0.39 is 5.97 Å². The summed E-state index contributed by atoms with van der Waals surface area (Å²) in [5, 5.41) is 0. The third-order valence-corrected chi connectivity index (χ3v) is 1.90. The molecule has 0 aliphatic carbocycles. The number of methoxy groups -OCH3 is 2. The van der Waals surface area contributed by atoms with Crippen molar-refractivity contribution in [1.29, 1.82) is 0 Å². The highest BCUT2D eigenvalue weighted by Gasteiger charge is 2.12. The van der Waals surface area contributed by atoms with Crippen LogP contribution >= 0.6 is 0 Å². The van der Waals surface area contributed by atoms with Crippen molar-refractivity contribution in [2.75, 3.05) is 14.2 Å². The molecule has 0 heterocycles. The summed E-state index contributed by atoms with van der Waals surface area (Å²) >= 11 is 4.53. The summed E-state index contributed by atoms with van der Waals surface area (Å²) in [5.74, 6) is 0.0836. The largest absolute Gasteiger partial charge is 0.497 e. The van der Waals surface area contributed by atoms with Crippen molar-refractivity contribution in [3.63, 3.8) is 0 Å². The van der Waals surface area contributed by atoms with E-state index in [4.69, 9.17) is 4.74 Å². The maximum atomic E-state index is 11.3. The minimum atomic E-state index is -0.479. The van der Waals surface area contributed by atoms with E-state index in [-0.39, 0.29) is 0 Å². The van der Waals surface area contributed by atoms with Gasteiger partial charge in [0.2, 0.25) is 0 Å². The van der Waals surface area contributed by atoms with E-state index in [9.17, 15) is 4.79 Å². The summed E-state index contributed by atoms with van der Waals surface area (Å²) in [7, 11) is 2.82. The number of carbonyl (C=O) groups is 1. The molecule has 14 heavy (non-hydrogen) atoms. The van der Waals surface area contributed by atoms with Crippen molar-refractivity contribution in [2.24, 2.45) is 4.36 Å². The maximum Gasteiger partial charge on any atom is 0.340 e. The summed E-state index contributed by atoms with van der Waals surface area (Å²) in [6, 6.07) is 4.83. The molecule has 0 atom stereocenters. The van der Waals surface area contributed by atoms with E-state index in [1.54, 1.807) is 12.1 Å². The molecule has 0 saturated heterocycles. The summed E-state index contributed by atoms with van der Waals surface area (Å²) in [5.41, 5.74) is 0.717. The Morgan fingerprint density at radius 1 is 1.43 bits per heavy atom. The second kappa shape index (κ2) is 4.66. The zero-order valence-corrected chi connectivity index (χ0v) is 8.63. The van der Waals surface area contributed by atoms with Crippen LogP contribution in [0.4, 0.5) is 5.69 Å². The van der Waals surface area contributed by atoms with Gasteiger partial charge in [-0.15, -0.1) is 0 Å². The molecule has 0 aromatic heterocycles. The fourth-order valence-corrected chi connectivity index (χ4v) is 1.15. The van der Waals surface area contributed by atoms with E-state index in [2.05, 4.69) is 21.5 Å². The third kappa shape index (κ3) is 2.05. The Bertz CT molecular complexity index is 365. The van der Waals surface area contributed by atoms with E-state index in [0.29, 0.717) is 17.0 Å². The van der Waals surface area contributed by atoms with Gasteiger partial charge in [-0.1, -0.05) is 0 Å². The number of hydrogen-bond acceptors (Lipinski definition) is 5. The molecule has 5 heteroatoms. The smallest absolute Gasteiger partial charge is 0.340 e. The second-order valence-corrected chi connectivity index (χ2v) is 2.65. The van der Waals surface area contributed by atoms with Crippen LogP contribution in [0.25, 0.3) is 0 Å². The Morgan fingerprint density at radius 2 is 2.14 bits per heavy atom. The molecule has 1 rings (SSSR count). The molecule has 0 saturated carbocycles. The lowest BCUT2D eigenvalue weighted by atomic mass is 10.2. The molecule has 0 aliphatic rings. The predicted octanol–water partition coefficient (Wildman–Crippen LogP) is 1.84. The zero-order chi connectivity index (χ0) is 10.6. The lowest BCUT2D eigenvalue weighted by molar-refractivity contribution is 0.0601. The fourth-order valence-electron chi connectivity index (χ4n) is 0.995. The number of ether oxygens (including phenoxy) is 2. The van der Waals surface area contributed by atoms with Crippen molar-refractivity contribution >= 4 is 24.1 Å². The molecule has 0 N–H and O–H groups in total. The summed E-state index contributed by atoms with van der Waals surface area (Å²) in [6.45, 7) is 0. The van der Waals surface area contributed by atoms with Gasteiger partial charge in [0.25, 0.3) is 0 Å². The Morgan fingerprint density at radius 3 is 2.64 bits per heavy atom. The van der Waals surface area contributed by atoms with Gasteiger partial charge in [-0.2, -0.15) is 4.36 Å². The van der Waals surface area contributed by atoms with Gasteiger partial charge in [0.05, 0.1) is 25.5 Å². The van der Waals surface area contributed by atoms with Crippen molar-refractivity contribution < 1.29 is 14.3 Å². The zero-order valence-electron chi connectivity index (χ0n) is 7.81. The quantitative estimate of drug-likeness (QED) is 0.716. The van der Waals surface area contributed by atoms with Gasteiger partial charge in [0, 0.05) is 12.4 Å². The first kappa shape index (κ1) is 10.6. The minimum absolute atomic E-state index is 0.307. The Labute approximate surface area is 87.0 Å². The second-order valence-electron chi connectivity index (χ2n) is 2.47. The molecule has 0 spiro atoms. The standard InChI is InChI=1S/C9H9NO3S/c1-12-6-3-4-8(10-14)7(5-6)9(11)13-2/h3-5H,1-2H3. The summed E-state index contributed by atoms with van der Waals surface area (Å²) in [4.78, 5) is 11.3. The van der Waals surface area contributed by atoms with Crippen LogP contribution in [0.3, 0.4) is 0 Å². The molecule has 0 aliphatic heterocycles. The Balaban J connectivity index is 3.21. The minimum Gasteiger partial charge on any atom is -0.497 e. The van der Waals surface area contributed by atoms with E-state index in [0.717, 1.165) is 0 Å². The average molecular weight is 211 g/mol. The average Bonchev–Trinajstić information content (AvgIpc) is 2.27. The highest BCUT2D eigenvalue weighted by Crippen LogP contribution is 2.24. The van der Waals surface area contributed by atoms with Gasteiger partial charge in [-0.25, -0.2) is 4.79 Å². The van der Waals surface area contributed by atoms with Crippen molar-refractivity contribution in [2.45, 2.75) is 0 Å². The molecule has 0 radical (unpaired) electrons. The van der Waals surface area contributed by atoms with Gasteiger partial charge in [0.1, 0.15) is 5.75 Å². The summed E-state index contributed by atoms with van der Waals surface area (Å²) in [6.07, 6.45) is 0. The molecule has 0 unspecified atom stereocenters. The lowest BCUT2D eigenvalue weighted by Gasteiger charge is -2.05. The maximum absolute atomic E-state index is 11.3. The molecule has 0 amide bonds. The van der Waals surface area contributed by atoms with Gasteiger partial charge in [-0.05, 0) is 18.2 Å². The number of hydrogen-bond donors (Lipinski definition) is 0. The van der Waals surface area contributed by atoms with E-state index in [1.165, 1.54) is 20.3 Å². The molecule has 1 aromatic rings. The van der Waals surface area contributed by atoms with Gasteiger partial charge in [0.15, 0.2) is 0 Å². The first-order valence-electron chi connectivity index (χ1n) is 3.82. The molecule has 4 nitrogen and oxygen atoms in total. The molecule has 0 bridgehead atoms. The Kier molecular flexibility index (Phi) is 3.53. The van der Waals surface area contributed by atoms with Crippen LogP contribution in [-0.2, 0) is 17.2 Å². The molecular formula is C9H9NO3S.